The molecule has 1 heterocycles. The number of aliphatic hydroxyl groups is 1. The summed E-state index contributed by atoms with van der Waals surface area (Å²) in [4.78, 5) is 2.53. The summed E-state index contributed by atoms with van der Waals surface area (Å²) in [7, 11) is 2.27. The van der Waals surface area contributed by atoms with Crippen molar-refractivity contribution in [3.8, 4) is 0 Å². The van der Waals surface area contributed by atoms with Crippen molar-refractivity contribution in [2.45, 2.75) is 51.0 Å². The Balaban J connectivity index is 1.58. The Morgan fingerprint density at radius 3 is 2.72 bits per heavy atom. The van der Waals surface area contributed by atoms with Crippen molar-refractivity contribution in [3.63, 3.8) is 0 Å². The first-order valence-electron chi connectivity index (χ1n) is 7.83. The van der Waals surface area contributed by atoms with Crippen molar-refractivity contribution in [3.05, 3.63) is 0 Å². The number of piperidine rings is 1. The van der Waals surface area contributed by atoms with Crippen LogP contribution in [0.25, 0.3) is 0 Å². The minimum Gasteiger partial charge on any atom is -0.396 e. The fourth-order valence-corrected chi connectivity index (χ4v) is 3.69. The molecule has 3 unspecified atom stereocenters. The van der Waals surface area contributed by atoms with E-state index in [4.69, 9.17) is 0 Å². The molecule has 1 aliphatic carbocycles. The highest BCUT2D eigenvalue weighted by Crippen LogP contribution is 2.30. The molecule has 0 aromatic carbocycles. The first kappa shape index (κ1) is 14.3. The van der Waals surface area contributed by atoms with E-state index in [-0.39, 0.29) is 0 Å². The fraction of sp³-hybridized carbons (Fsp3) is 1.00. The van der Waals surface area contributed by atoms with E-state index in [9.17, 15) is 5.11 Å². The highest BCUT2D eigenvalue weighted by Gasteiger charge is 2.26. The third-order valence-corrected chi connectivity index (χ3v) is 5.03. The van der Waals surface area contributed by atoms with Crippen molar-refractivity contribution in [1.82, 2.24) is 10.2 Å². The maximum atomic E-state index is 9.30. The zero-order valence-corrected chi connectivity index (χ0v) is 11.9. The van der Waals surface area contributed by atoms with Gasteiger partial charge in [-0.15, -0.1) is 0 Å². The van der Waals surface area contributed by atoms with Gasteiger partial charge in [0.05, 0.1) is 0 Å². The van der Waals surface area contributed by atoms with Crippen LogP contribution >= 0.6 is 0 Å². The summed E-state index contributed by atoms with van der Waals surface area (Å²) in [6.07, 6.45) is 9.29. The van der Waals surface area contributed by atoms with Gasteiger partial charge in [-0.25, -0.2) is 0 Å². The molecule has 1 aliphatic heterocycles. The number of nitrogens with one attached hydrogen (secondary N) is 1. The lowest BCUT2D eigenvalue weighted by Crippen LogP contribution is -2.38. The number of rotatable bonds is 6. The van der Waals surface area contributed by atoms with Gasteiger partial charge in [0.15, 0.2) is 0 Å². The second kappa shape index (κ2) is 7.46. The Morgan fingerprint density at radius 1 is 1.11 bits per heavy atom. The molecular weight excluding hydrogens is 224 g/mol. The van der Waals surface area contributed by atoms with Crippen LogP contribution in [0.1, 0.15) is 44.9 Å². The van der Waals surface area contributed by atoms with E-state index in [2.05, 4.69) is 17.3 Å². The number of hydrogen-bond acceptors (Lipinski definition) is 3. The predicted molar refractivity (Wildman–Crippen MR) is 75.7 cm³/mol. The third kappa shape index (κ3) is 3.94. The molecule has 2 rings (SSSR count). The third-order valence-electron chi connectivity index (χ3n) is 5.03. The van der Waals surface area contributed by atoms with Gasteiger partial charge in [0.1, 0.15) is 0 Å². The second-order valence-corrected chi connectivity index (χ2v) is 6.26. The van der Waals surface area contributed by atoms with Crippen LogP contribution in [-0.4, -0.2) is 49.3 Å². The Labute approximate surface area is 112 Å². The van der Waals surface area contributed by atoms with Crippen LogP contribution in [0, 0.1) is 11.8 Å². The molecule has 0 amide bonds. The van der Waals surface area contributed by atoms with Crippen molar-refractivity contribution >= 4 is 0 Å². The minimum atomic E-state index is 0.387. The summed E-state index contributed by atoms with van der Waals surface area (Å²) in [5.74, 6) is 1.29. The van der Waals surface area contributed by atoms with Crippen LogP contribution in [0.3, 0.4) is 0 Å². The van der Waals surface area contributed by atoms with Gasteiger partial charge in [-0.3, -0.25) is 0 Å². The van der Waals surface area contributed by atoms with Crippen LogP contribution in [0.2, 0.25) is 0 Å². The Kier molecular flexibility index (Phi) is 5.93. The monoisotopic (exact) mass is 254 g/mol. The normalized spacial score (nSPS) is 34.0. The maximum absolute atomic E-state index is 9.30. The van der Waals surface area contributed by atoms with Crippen LogP contribution in [0.4, 0.5) is 0 Å². The van der Waals surface area contributed by atoms with E-state index in [1.807, 2.05) is 0 Å². The molecule has 3 nitrogen and oxygen atoms in total. The number of hydrogen-bond donors (Lipinski definition) is 2. The van der Waals surface area contributed by atoms with E-state index in [1.165, 1.54) is 51.5 Å². The topological polar surface area (TPSA) is 35.5 Å². The predicted octanol–water partition coefficient (Wildman–Crippen LogP) is 1.86. The molecule has 1 saturated carbocycles. The van der Waals surface area contributed by atoms with Crippen LogP contribution in [0.15, 0.2) is 0 Å². The highest BCUT2D eigenvalue weighted by atomic mass is 16.3. The first-order chi connectivity index (χ1) is 8.81. The van der Waals surface area contributed by atoms with E-state index in [1.54, 1.807) is 0 Å². The standard InChI is InChI=1S/C15H30N2O/c1-17-10-3-2-7-15(17)8-9-16-11-13-5-4-6-14(13)12-18/h13-16,18H,2-12H2,1H3. The zero-order valence-electron chi connectivity index (χ0n) is 11.9. The number of likely N-dealkylation sites (tertiary alicyclic amines) is 1. The number of nitrogens with zero attached hydrogens (tertiary/aromatic N) is 1. The van der Waals surface area contributed by atoms with E-state index >= 15 is 0 Å². The smallest absolute Gasteiger partial charge is 0.0462 e. The lowest BCUT2D eigenvalue weighted by molar-refractivity contribution is 0.171. The zero-order chi connectivity index (χ0) is 12.8. The largest absolute Gasteiger partial charge is 0.396 e. The van der Waals surface area contributed by atoms with Crippen LogP contribution < -0.4 is 5.32 Å². The molecule has 0 radical (unpaired) electrons. The molecule has 0 aromatic heterocycles. The molecule has 2 N–H and O–H groups in total. The van der Waals surface area contributed by atoms with E-state index in [0.29, 0.717) is 12.5 Å². The molecule has 3 atom stereocenters. The van der Waals surface area contributed by atoms with Gasteiger partial charge in [0, 0.05) is 12.6 Å². The molecule has 0 aromatic rings. The van der Waals surface area contributed by atoms with Crippen LogP contribution in [-0.2, 0) is 0 Å². The molecule has 2 aliphatic rings. The molecule has 0 spiro atoms. The number of aliphatic hydroxyl groups excluding tert-OH is 1. The van der Waals surface area contributed by atoms with Gasteiger partial charge in [0.2, 0.25) is 0 Å². The quantitative estimate of drug-likeness (QED) is 0.710. The molecule has 106 valence electrons. The Hall–Kier alpha value is -0.120. The lowest BCUT2D eigenvalue weighted by Gasteiger charge is -2.32. The summed E-state index contributed by atoms with van der Waals surface area (Å²) in [5.41, 5.74) is 0. The Morgan fingerprint density at radius 2 is 1.94 bits per heavy atom. The summed E-state index contributed by atoms with van der Waals surface area (Å²) < 4.78 is 0. The maximum Gasteiger partial charge on any atom is 0.0462 e. The SMILES string of the molecule is CN1CCCCC1CCNCC1CCCC1CO. The van der Waals surface area contributed by atoms with Gasteiger partial charge in [-0.05, 0) is 70.6 Å². The van der Waals surface area contributed by atoms with Crippen molar-refractivity contribution in [2.75, 3.05) is 33.3 Å². The molecule has 0 bridgehead atoms. The van der Waals surface area contributed by atoms with Crippen molar-refractivity contribution in [2.24, 2.45) is 11.8 Å². The van der Waals surface area contributed by atoms with Crippen molar-refractivity contribution < 1.29 is 5.11 Å². The summed E-state index contributed by atoms with van der Waals surface area (Å²) in [6.45, 7) is 3.92. The average Bonchev–Trinajstić information content (AvgIpc) is 2.84. The summed E-state index contributed by atoms with van der Waals surface area (Å²) >= 11 is 0. The summed E-state index contributed by atoms with van der Waals surface area (Å²) in [6, 6.07) is 0.795. The van der Waals surface area contributed by atoms with Gasteiger partial charge in [0.25, 0.3) is 0 Å². The van der Waals surface area contributed by atoms with Gasteiger partial charge >= 0.3 is 0 Å². The molecule has 3 heteroatoms. The van der Waals surface area contributed by atoms with Gasteiger partial charge in [-0.1, -0.05) is 12.8 Å². The molecular formula is C15H30N2O. The molecule has 1 saturated heterocycles. The van der Waals surface area contributed by atoms with Crippen molar-refractivity contribution in [1.29, 1.82) is 0 Å². The van der Waals surface area contributed by atoms with Gasteiger partial charge in [-0.2, -0.15) is 0 Å². The molecule has 2 fully saturated rings. The lowest BCUT2D eigenvalue weighted by atomic mass is 9.96. The van der Waals surface area contributed by atoms with E-state index < -0.39 is 0 Å². The first-order valence-corrected chi connectivity index (χ1v) is 7.83. The van der Waals surface area contributed by atoms with Crippen LogP contribution in [0.5, 0.6) is 0 Å². The fourth-order valence-electron chi connectivity index (χ4n) is 3.69. The highest BCUT2D eigenvalue weighted by molar-refractivity contribution is 4.79. The second-order valence-electron chi connectivity index (χ2n) is 6.26. The molecule has 18 heavy (non-hydrogen) atoms. The minimum absolute atomic E-state index is 0.387. The average molecular weight is 254 g/mol. The van der Waals surface area contributed by atoms with Gasteiger partial charge < -0.3 is 15.3 Å². The van der Waals surface area contributed by atoms with E-state index in [0.717, 1.165) is 25.0 Å². The summed E-state index contributed by atoms with van der Waals surface area (Å²) in [5, 5.41) is 12.9. The Bertz CT molecular complexity index is 231.